The van der Waals surface area contributed by atoms with Gasteiger partial charge in [0.15, 0.2) is 0 Å². The van der Waals surface area contributed by atoms with Gasteiger partial charge < -0.3 is 10.3 Å². The highest BCUT2D eigenvalue weighted by atomic mass is 19.1. The van der Waals surface area contributed by atoms with Gasteiger partial charge in [0.05, 0.1) is 5.52 Å². The van der Waals surface area contributed by atoms with Gasteiger partial charge in [-0.3, -0.25) is 9.78 Å². The Morgan fingerprint density at radius 3 is 2.88 bits per heavy atom. The average Bonchev–Trinajstić information content (AvgIpc) is 2.89. The Bertz CT molecular complexity index is 920. The van der Waals surface area contributed by atoms with E-state index in [0.717, 1.165) is 22.2 Å². The van der Waals surface area contributed by atoms with Gasteiger partial charge in [0.2, 0.25) is 0 Å². The fourth-order valence-electron chi connectivity index (χ4n) is 2.92. The number of carbonyl (C=O) groups excluding carboxylic acids is 1. The summed E-state index contributed by atoms with van der Waals surface area (Å²) in [6.45, 7) is 4.29. The minimum absolute atomic E-state index is 0.266. The van der Waals surface area contributed by atoms with Gasteiger partial charge in [0.25, 0.3) is 5.91 Å². The Kier molecular flexibility index (Phi) is 4.38. The zero-order chi connectivity index (χ0) is 17.3. The number of H-pyrrole nitrogens is 1. The lowest BCUT2D eigenvalue weighted by Gasteiger charge is -2.07. The highest BCUT2D eigenvalue weighted by Gasteiger charge is 2.14. The lowest BCUT2D eigenvalue weighted by molar-refractivity contribution is 0.0949. The lowest BCUT2D eigenvalue weighted by Crippen LogP contribution is -2.27. The number of nitrogens with one attached hydrogen (secondary N) is 2. The first-order valence-electron chi connectivity index (χ1n) is 7.73. The van der Waals surface area contributed by atoms with Gasteiger partial charge in [-0.15, -0.1) is 0 Å². The molecule has 0 aliphatic heterocycles. The summed E-state index contributed by atoms with van der Waals surface area (Å²) in [5.41, 5.74) is 4.24. The van der Waals surface area contributed by atoms with E-state index in [1.54, 1.807) is 12.1 Å². The van der Waals surface area contributed by atoms with Crippen molar-refractivity contribution in [3.63, 3.8) is 0 Å². The number of aryl methyl sites for hydroxylation is 2. The molecule has 24 heavy (non-hydrogen) atoms. The number of aromatic nitrogens is 2. The summed E-state index contributed by atoms with van der Waals surface area (Å²) in [5, 5.41) is 3.72. The fourth-order valence-corrected chi connectivity index (χ4v) is 2.92. The number of benzene rings is 1. The number of aromatic amines is 1. The van der Waals surface area contributed by atoms with E-state index in [1.165, 1.54) is 18.3 Å². The van der Waals surface area contributed by atoms with Crippen molar-refractivity contribution in [1.29, 1.82) is 0 Å². The van der Waals surface area contributed by atoms with Crippen molar-refractivity contribution < 1.29 is 9.18 Å². The molecule has 0 unspecified atom stereocenters. The minimum Gasteiger partial charge on any atom is -0.356 e. The van der Waals surface area contributed by atoms with Crippen LogP contribution in [0, 0.1) is 19.7 Å². The molecular weight excluding hydrogens is 304 g/mol. The van der Waals surface area contributed by atoms with Crippen molar-refractivity contribution in [1.82, 2.24) is 15.3 Å². The molecule has 2 N–H and O–H groups in total. The van der Waals surface area contributed by atoms with Crippen LogP contribution in [0.2, 0.25) is 0 Å². The largest absolute Gasteiger partial charge is 0.356 e. The molecule has 120 valence electrons. The third kappa shape index (κ3) is 3.04. The van der Waals surface area contributed by atoms with E-state index in [9.17, 15) is 9.18 Å². The molecule has 2 radical (unpaired) electrons. The average molecular weight is 321 g/mol. The van der Waals surface area contributed by atoms with E-state index in [0.29, 0.717) is 23.9 Å². The van der Waals surface area contributed by atoms with E-state index in [-0.39, 0.29) is 17.4 Å². The number of rotatable bonds is 4. The second kappa shape index (κ2) is 6.47. The number of hydrogen-bond donors (Lipinski definition) is 2. The highest BCUT2D eigenvalue weighted by Crippen LogP contribution is 2.27. The topological polar surface area (TPSA) is 57.8 Å². The molecule has 1 amide bonds. The smallest absolute Gasteiger partial charge is 0.269 e. The first-order valence-corrected chi connectivity index (χ1v) is 7.73. The number of nitrogens with zero attached hydrogens (tertiary/aromatic N) is 1. The fraction of sp³-hybridized carbons (Fsp3) is 0.222. The summed E-state index contributed by atoms with van der Waals surface area (Å²) in [7, 11) is 5.66. The Hall–Kier alpha value is -2.63. The Morgan fingerprint density at radius 2 is 2.12 bits per heavy atom. The number of amides is 1. The number of hydrogen-bond acceptors (Lipinski definition) is 2. The van der Waals surface area contributed by atoms with Crippen LogP contribution in [0.1, 0.15) is 27.3 Å². The standard InChI is InChI=1S/C18H17BFN3O/c1-10-3-4-14(20)17-16(10)13(11(2)23-17)6-8-22-18(24)15-9-12(19)5-7-21-15/h3-5,7,9,23H,6,8H2,1-2H3,(H,22,24). The van der Waals surface area contributed by atoms with Crippen LogP contribution in [0.25, 0.3) is 10.9 Å². The van der Waals surface area contributed by atoms with Crippen LogP contribution in [-0.2, 0) is 6.42 Å². The van der Waals surface area contributed by atoms with Gasteiger partial charge in [-0.2, -0.15) is 0 Å². The molecule has 1 aromatic carbocycles. The van der Waals surface area contributed by atoms with Crippen LogP contribution in [0.4, 0.5) is 4.39 Å². The van der Waals surface area contributed by atoms with Crippen LogP contribution in [0.15, 0.2) is 30.5 Å². The predicted molar refractivity (Wildman–Crippen MR) is 93.4 cm³/mol. The molecule has 2 aromatic heterocycles. The summed E-state index contributed by atoms with van der Waals surface area (Å²) in [4.78, 5) is 19.2. The van der Waals surface area contributed by atoms with Crippen molar-refractivity contribution in [2.75, 3.05) is 6.54 Å². The van der Waals surface area contributed by atoms with Gasteiger partial charge in [0, 0.05) is 23.8 Å². The molecule has 0 saturated heterocycles. The van der Waals surface area contributed by atoms with Crippen molar-refractivity contribution in [3.8, 4) is 0 Å². The van der Waals surface area contributed by atoms with Crippen LogP contribution < -0.4 is 10.8 Å². The molecule has 3 rings (SSSR count). The van der Waals surface area contributed by atoms with Crippen molar-refractivity contribution in [2.45, 2.75) is 20.3 Å². The zero-order valence-electron chi connectivity index (χ0n) is 13.6. The molecule has 0 bridgehead atoms. The number of pyridine rings is 1. The zero-order valence-corrected chi connectivity index (χ0v) is 13.6. The van der Waals surface area contributed by atoms with Crippen LogP contribution in [0.5, 0.6) is 0 Å². The normalized spacial score (nSPS) is 11.0. The van der Waals surface area contributed by atoms with E-state index in [1.807, 2.05) is 13.8 Å². The monoisotopic (exact) mass is 321 g/mol. The number of fused-ring (bicyclic) bond motifs is 1. The first kappa shape index (κ1) is 16.2. The van der Waals surface area contributed by atoms with E-state index in [4.69, 9.17) is 7.85 Å². The van der Waals surface area contributed by atoms with E-state index >= 15 is 0 Å². The van der Waals surface area contributed by atoms with Gasteiger partial charge in [-0.1, -0.05) is 17.6 Å². The van der Waals surface area contributed by atoms with Gasteiger partial charge >= 0.3 is 0 Å². The SMILES string of the molecule is [B]c1ccnc(C(=O)NCCc2c(C)[nH]c3c(F)ccc(C)c23)c1. The molecule has 2 heterocycles. The third-order valence-electron chi connectivity index (χ3n) is 4.11. The molecule has 0 atom stereocenters. The molecule has 4 nitrogen and oxygen atoms in total. The van der Waals surface area contributed by atoms with E-state index < -0.39 is 0 Å². The molecule has 0 saturated carbocycles. The van der Waals surface area contributed by atoms with Gasteiger partial charge in [-0.05, 0) is 43.5 Å². The molecule has 3 aromatic rings. The van der Waals surface area contributed by atoms with Crippen molar-refractivity contribution in [3.05, 3.63) is 58.8 Å². The highest BCUT2D eigenvalue weighted by molar-refractivity contribution is 6.32. The second-order valence-electron chi connectivity index (χ2n) is 5.82. The third-order valence-corrected chi connectivity index (χ3v) is 4.11. The molecular formula is C18H17BFN3O. The Labute approximate surface area is 140 Å². The van der Waals surface area contributed by atoms with Gasteiger partial charge in [0.1, 0.15) is 19.4 Å². The lowest BCUT2D eigenvalue weighted by atomic mass is 9.97. The number of halogens is 1. The summed E-state index contributed by atoms with van der Waals surface area (Å²) in [6, 6.07) is 6.39. The molecule has 0 fully saturated rings. The van der Waals surface area contributed by atoms with Crippen LogP contribution in [-0.4, -0.2) is 30.3 Å². The minimum atomic E-state index is -0.275. The Balaban J connectivity index is 1.76. The molecule has 0 aliphatic rings. The maximum absolute atomic E-state index is 13.9. The molecule has 6 heteroatoms. The first-order chi connectivity index (χ1) is 11.5. The second-order valence-corrected chi connectivity index (χ2v) is 5.82. The summed E-state index contributed by atoms with van der Waals surface area (Å²) in [5.74, 6) is -0.541. The maximum Gasteiger partial charge on any atom is 0.269 e. The van der Waals surface area contributed by atoms with Crippen molar-refractivity contribution >= 4 is 30.1 Å². The predicted octanol–water partition coefficient (Wildman–Crippen LogP) is 2.09. The Morgan fingerprint density at radius 1 is 1.33 bits per heavy atom. The quantitative estimate of drug-likeness (QED) is 0.723. The summed E-state index contributed by atoms with van der Waals surface area (Å²) < 4.78 is 13.9. The van der Waals surface area contributed by atoms with Crippen LogP contribution >= 0.6 is 0 Å². The summed E-state index contributed by atoms with van der Waals surface area (Å²) in [6.07, 6.45) is 2.10. The van der Waals surface area contributed by atoms with E-state index in [2.05, 4.69) is 15.3 Å². The van der Waals surface area contributed by atoms with Crippen molar-refractivity contribution in [2.24, 2.45) is 0 Å². The maximum atomic E-state index is 13.9. The van der Waals surface area contributed by atoms with Gasteiger partial charge in [-0.25, -0.2) is 4.39 Å². The summed E-state index contributed by atoms with van der Waals surface area (Å²) >= 11 is 0. The van der Waals surface area contributed by atoms with Crippen LogP contribution in [0.3, 0.4) is 0 Å². The number of carbonyl (C=O) groups is 1. The molecule has 0 spiro atoms. The molecule has 0 aliphatic carbocycles.